The van der Waals surface area contributed by atoms with Gasteiger partial charge in [0, 0.05) is 6.54 Å². The maximum atomic E-state index is 9.21. The Hall–Kier alpha value is -1.52. The van der Waals surface area contributed by atoms with Crippen LogP contribution in [0.2, 0.25) is 0 Å². The van der Waals surface area contributed by atoms with Crippen LogP contribution in [0.5, 0.6) is 11.5 Å². The first-order valence-electron chi connectivity index (χ1n) is 6.03. The molecule has 0 unspecified atom stereocenters. The third-order valence-electron chi connectivity index (χ3n) is 2.71. The third-order valence-corrected chi connectivity index (χ3v) is 3.33. The van der Waals surface area contributed by atoms with E-state index in [1.807, 2.05) is 37.4 Å². The average Bonchev–Trinajstić information content (AvgIpc) is 2.40. The lowest BCUT2D eigenvalue weighted by Crippen LogP contribution is -2.05. The predicted molar refractivity (Wildman–Crippen MR) is 79.3 cm³/mol. The Morgan fingerprint density at radius 2 is 1.79 bits per heavy atom. The minimum absolute atomic E-state index is 0.265. The van der Waals surface area contributed by atoms with E-state index in [9.17, 15) is 5.11 Å². The molecular formula is C15H16BrNO2. The molecule has 19 heavy (non-hydrogen) atoms. The van der Waals surface area contributed by atoms with Crippen molar-refractivity contribution in [2.24, 2.45) is 0 Å². The van der Waals surface area contributed by atoms with Gasteiger partial charge < -0.3 is 15.2 Å². The number of aromatic hydroxyl groups is 1. The number of hydrogen-bond donors (Lipinski definition) is 2. The Balaban J connectivity index is 2.01. The van der Waals surface area contributed by atoms with Crippen LogP contribution in [0.1, 0.15) is 11.1 Å². The van der Waals surface area contributed by atoms with Crippen molar-refractivity contribution >= 4 is 15.9 Å². The number of ether oxygens (including phenoxy) is 1. The van der Waals surface area contributed by atoms with Gasteiger partial charge in [-0.15, -0.1) is 0 Å². The molecular weight excluding hydrogens is 306 g/mol. The van der Waals surface area contributed by atoms with Crippen LogP contribution in [0.25, 0.3) is 0 Å². The Labute approximate surface area is 121 Å². The molecule has 0 aliphatic rings. The molecule has 2 aromatic rings. The van der Waals surface area contributed by atoms with Crippen LogP contribution in [0, 0.1) is 0 Å². The summed E-state index contributed by atoms with van der Waals surface area (Å²) in [5.41, 5.74) is 2.22. The van der Waals surface area contributed by atoms with Gasteiger partial charge in [0.2, 0.25) is 0 Å². The first kappa shape index (κ1) is 13.9. The highest BCUT2D eigenvalue weighted by molar-refractivity contribution is 9.10. The van der Waals surface area contributed by atoms with Crippen molar-refractivity contribution < 1.29 is 9.84 Å². The first-order valence-corrected chi connectivity index (χ1v) is 6.82. The molecule has 0 spiro atoms. The summed E-state index contributed by atoms with van der Waals surface area (Å²) >= 11 is 3.51. The molecule has 0 aliphatic heterocycles. The minimum Gasteiger partial charge on any atom is -0.508 e. The fourth-order valence-corrected chi connectivity index (χ4v) is 2.27. The van der Waals surface area contributed by atoms with Crippen LogP contribution >= 0.6 is 15.9 Å². The zero-order valence-electron chi connectivity index (χ0n) is 10.7. The lowest BCUT2D eigenvalue weighted by molar-refractivity contribution is 0.304. The SMILES string of the molecule is CNCc1ccc(OCc2ccc(O)cc2)c(Br)c1. The second-order valence-electron chi connectivity index (χ2n) is 4.25. The van der Waals surface area contributed by atoms with Gasteiger partial charge in [0.1, 0.15) is 18.1 Å². The van der Waals surface area contributed by atoms with E-state index in [2.05, 4.69) is 21.2 Å². The lowest BCUT2D eigenvalue weighted by Gasteiger charge is -2.10. The van der Waals surface area contributed by atoms with Crippen molar-refractivity contribution in [3.8, 4) is 11.5 Å². The summed E-state index contributed by atoms with van der Waals surface area (Å²) in [6, 6.07) is 13.0. The fraction of sp³-hybridized carbons (Fsp3) is 0.200. The summed E-state index contributed by atoms with van der Waals surface area (Å²) in [5.74, 6) is 1.08. The molecule has 0 saturated carbocycles. The molecule has 100 valence electrons. The summed E-state index contributed by atoms with van der Waals surface area (Å²) in [4.78, 5) is 0. The maximum absolute atomic E-state index is 9.21. The molecule has 0 aromatic heterocycles. The fourth-order valence-electron chi connectivity index (χ4n) is 1.73. The Morgan fingerprint density at radius 1 is 1.11 bits per heavy atom. The van der Waals surface area contributed by atoms with Crippen LogP contribution in [-0.4, -0.2) is 12.2 Å². The van der Waals surface area contributed by atoms with E-state index in [-0.39, 0.29) is 5.75 Å². The number of benzene rings is 2. The van der Waals surface area contributed by atoms with E-state index in [1.165, 1.54) is 5.56 Å². The van der Waals surface area contributed by atoms with Gasteiger partial charge in [-0.25, -0.2) is 0 Å². The van der Waals surface area contributed by atoms with Gasteiger partial charge in [-0.05, 0) is 58.4 Å². The van der Waals surface area contributed by atoms with Gasteiger partial charge in [-0.1, -0.05) is 18.2 Å². The van der Waals surface area contributed by atoms with E-state index < -0.39 is 0 Å². The zero-order valence-corrected chi connectivity index (χ0v) is 12.3. The summed E-state index contributed by atoms with van der Waals surface area (Å²) in [6.07, 6.45) is 0. The van der Waals surface area contributed by atoms with Crippen LogP contribution in [0.15, 0.2) is 46.9 Å². The second kappa shape index (κ2) is 6.59. The average molecular weight is 322 g/mol. The van der Waals surface area contributed by atoms with Gasteiger partial charge in [-0.2, -0.15) is 0 Å². The summed E-state index contributed by atoms with van der Waals surface area (Å²) in [6.45, 7) is 1.31. The first-order chi connectivity index (χ1) is 9.19. The van der Waals surface area contributed by atoms with E-state index in [1.54, 1.807) is 12.1 Å². The molecule has 0 heterocycles. The molecule has 0 aliphatic carbocycles. The number of nitrogens with one attached hydrogen (secondary N) is 1. The van der Waals surface area contributed by atoms with E-state index in [0.717, 1.165) is 22.3 Å². The van der Waals surface area contributed by atoms with E-state index in [0.29, 0.717) is 6.61 Å². The van der Waals surface area contributed by atoms with Gasteiger partial charge in [0.15, 0.2) is 0 Å². The predicted octanol–water partition coefficient (Wildman–Crippen LogP) is 3.45. The zero-order chi connectivity index (χ0) is 13.7. The number of phenols is 1. The van der Waals surface area contributed by atoms with Crippen molar-refractivity contribution in [3.63, 3.8) is 0 Å². The van der Waals surface area contributed by atoms with Gasteiger partial charge >= 0.3 is 0 Å². The molecule has 0 bridgehead atoms. The highest BCUT2D eigenvalue weighted by Gasteiger charge is 2.03. The van der Waals surface area contributed by atoms with Gasteiger partial charge in [-0.3, -0.25) is 0 Å². The molecule has 0 fully saturated rings. The minimum atomic E-state index is 0.265. The van der Waals surface area contributed by atoms with Crippen LogP contribution in [0.3, 0.4) is 0 Å². The Kier molecular flexibility index (Phi) is 4.82. The standard InChI is InChI=1S/C15H16BrNO2/c1-17-9-12-4-7-15(14(16)8-12)19-10-11-2-5-13(18)6-3-11/h2-8,17-18H,9-10H2,1H3. The normalized spacial score (nSPS) is 10.4. The lowest BCUT2D eigenvalue weighted by atomic mass is 10.2. The number of phenolic OH excluding ortho intramolecular Hbond substituents is 1. The molecule has 2 rings (SSSR count). The molecule has 0 radical (unpaired) electrons. The van der Waals surface area contributed by atoms with Crippen molar-refractivity contribution in [3.05, 3.63) is 58.1 Å². The van der Waals surface area contributed by atoms with Crippen molar-refractivity contribution in [2.45, 2.75) is 13.2 Å². The second-order valence-corrected chi connectivity index (χ2v) is 5.10. The molecule has 0 amide bonds. The highest BCUT2D eigenvalue weighted by Crippen LogP contribution is 2.27. The molecule has 0 atom stereocenters. The maximum Gasteiger partial charge on any atom is 0.134 e. The number of halogens is 1. The largest absolute Gasteiger partial charge is 0.508 e. The highest BCUT2D eigenvalue weighted by atomic mass is 79.9. The smallest absolute Gasteiger partial charge is 0.134 e. The third kappa shape index (κ3) is 3.98. The van der Waals surface area contributed by atoms with E-state index >= 15 is 0 Å². The number of rotatable bonds is 5. The molecule has 4 heteroatoms. The molecule has 2 N–H and O–H groups in total. The molecule has 3 nitrogen and oxygen atoms in total. The van der Waals surface area contributed by atoms with Crippen LogP contribution < -0.4 is 10.1 Å². The van der Waals surface area contributed by atoms with E-state index in [4.69, 9.17) is 4.74 Å². The van der Waals surface area contributed by atoms with Gasteiger partial charge in [0.25, 0.3) is 0 Å². The van der Waals surface area contributed by atoms with Crippen LogP contribution in [0.4, 0.5) is 0 Å². The van der Waals surface area contributed by atoms with Crippen LogP contribution in [-0.2, 0) is 13.2 Å². The Morgan fingerprint density at radius 3 is 2.42 bits per heavy atom. The Bertz CT molecular complexity index is 540. The summed E-state index contributed by atoms with van der Waals surface area (Å²) in [7, 11) is 1.92. The molecule has 0 saturated heterocycles. The number of hydrogen-bond acceptors (Lipinski definition) is 3. The van der Waals surface area contributed by atoms with Gasteiger partial charge in [0.05, 0.1) is 4.47 Å². The quantitative estimate of drug-likeness (QED) is 0.886. The van der Waals surface area contributed by atoms with Crippen molar-refractivity contribution in [1.82, 2.24) is 5.32 Å². The molecule has 2 aromatic carbocycles. The van der Waals surface area contributed by atoms with Crippen molar-refractivity contribution in [2.75, 3.05) is 7.05 Å². The summed E-state index contributed by atoms with van der Waals surface area (Å²) in [5, 5.41) is 12.3. The topological polar surface area (TPSA) is 41.5 Å². The summed E-state index contributed by atoms with van der Waals surface area (Å²) < 4.78 is 6.69. The monoisotopic (exact) mass is 321 g/mol. The van der Waals surface area contributed by atoms with Crippen molar-refractivity contribution in [1.29, 1.82) is 0 Å².